The zero-order chi connectivity index (χ0) is 26.5. The normalized spacial score (nSPS) is 45.1. The van der Waals surface area contributed by atoms with E-state index in [-0.39, 0.29) is 57.1 Å². The van der Waals surface area contributed by atoms with E-state index >= 15 is 0 Å². The van der Waals surface area contributed by atoms with Crippen LogP contribution >= 0.6 is 0 Å². The van der Waals surface area contributed by atoms with Gasteiger partial charge in [0.2, 0.25) is 0 Å². The second-order valence-corrected chi connectivity index (χ2v) is 13.7. The number of ketones is 2. The number of methoxy groups -OCH3 is 1. The predicted molar refractivity (Wildman–Crippen MR) is 136 cm³/mol. The van der Waals surface area contributed by atoms with Crippen LogP contribution < -0.4 is 0 Å². The lowest BCUT2D eigenvalue weighted by molar-refractivity contribution is -0.189. The third-order valence-corrected chi connectivity index (χ3v) is 11.7. The first-order valence-corrected chi connectivity index (χ1v) is 13.4. The van der Waals surface area contributed by atoms with Crippen LogP contribution in [0.2, 0.25) is 0 Å². The average Bonchev–Trinajstić information content (AvgIpc) is 2.82. The Morgan fingerprint density at radius 2 is 1.75 bits per heavy atom. The number of allylic oxidation sites excluding steroid dienone is 5. The largest absolute Gasteiger partial charge is 0.469 e. The smallest absolute Gasteiger partial charge is 0.312 e. The van der Waals surface area contributed by atoms with E-state index in [2.05, 4.69) is 47.3 Å². The maximum atomic E-state index is 14.3. The molecule has 3 saturated carbocycles. The molecule has 3 fully saturated rings. The Labute approximate surface area is 215 Å². The highest BCUT2D eigenvalue weighted by atomic mass is 16.5. The molecule has 0 N–H and O–H groups in total. The molecule has 2 unspecified atom stereocenters. The Morgan fingerprint density at radius 1 is 1.08 bits per heavy atom. The van der Waals surface area contributed by atoms with Gasteiger partial charge in [0.15, 0.2) is 11.6 Å². The van der Waals surface area contributed by atoms with E-state index in [1.165, 1.54) is 7.11 Å². The summed E-state index contributed by atoms with van der Waals surface area (Å²) in [6.07, 6.45) is 9.36. The van der Waals surface area contributed by atoms with Crippen LogP contribution in [0.25, 0.3) is 0 Å². The van der Waals surface area contributed by atoms with Crippen LogP contribution in [0.1, 0.15) is 79.6 Å². The lowest BCUT2D eigenvalue weighted by atomic mass is 9.35. The average molecular weight is 490 g/mol. The number of nitriles is 1. The molecule has 0 aliphatic heterocycles. The number of carbonyl (C=O) groups is 3. The first-order valence-electron chi connectivity index (χ1n) is 13.4. The molecule has 0 aromatic carbocycles. The van der Waals surface area contributed by atoms with Crippen LogP contribution in [-0.2, 0) is 19.1 Å². The highest BCUT2D eigenvalue weighted by Gasteiger charge is 2.70. The Balaban J connectivity index is 1.70. The Kier molecular flexibility index (Phi) is 5.26. The lowest BCUT2D eigenvalue weighted by Crippen LogP contribution is -2.65. The molecule has 7 atom stereocenters. The first-order chi connectivity index (χ1) is 16.7. The van der Waals surface area contributed by atoms with Gasteiger partial charge in [0.05, 0.1) is 18.1 Å². The summed E-state index contributed by atoms with van der Waals surface area (Å²) in [6.45, 7) is 15.2. The van der Waals surface area contributed by atoms with Crippen molar-refractivity contribution in [3.63, 3.8) is 0 Å². The molecule has 5 nitrogen and oxygen atoms in total. The van der Waals surface area contributed by atoms with Gasteiger partial charge in [0.25, 0.3) is 0 Å². The summed E-state index contributed by atoms with van der Waals surface area (Å²) in [6, 6.07) is 2.08. The molecule has 5 heteroatoms. The monoisotopic (exact) mass is 489 g/mol. The fourth-order valence-corrected chi connectivity index (χ4v) is 9.44. The Hall–Kier alpha value is -2.48. The summed E-state index contributed by atoms with van der Waals surface area (Å²) < 4.78 is 5.38. The van der Waals surface area contributed by atoms with Crippen molar-refractivity contribution >= 4 is 17.5 Å². The van der Waals surface area contributed by atoms with Gasteiger partial charge in [0.1, 0.15) is 6.07 Å². The van der Waals surface area contributed by atoms with E-state index in [0.29, 0.717) is 5.57 Å². The van der Waals surface area contributed by atoms with E-state index < -0.39 is 10.8 Å². The number of hydrogen-bond acceptors (Lipinski definition) is 5. The number of fused-ring (bicyclic) bond motifs is 7. The summed E-state index contributed by atoms with van der Waals surface area (Å²) in [5, 5.41) is 9.71. The van der Waals surface area contributed by atoms with E-state index in [1.807, 2.05) is 12.2 Å². The predicted octanol–water partition coefficient (Wildman–Crippen LogP) is 5.91. The molecule has 0 spiro atoms. The van der Waals surface area contributed by atoms with Gasteiger partial charge in [-0.2, -0.15) is 5.26 Å². The zero-order valence-electron chi connectivity index (χ0n) is 22.6. The summed E-state index contributed by atoms with van der Waals surface area (Å²) in [7, 11) is 1.47. The number of hydrogen-bond donors (Lipinski definition) is 0. The number of ether oxygens (including phenoxy) is 1. The van der Waals surface area contributed by atoms with Crippen LogP contribution in [0.4, 0.5) is 0 Å². The highest BCUT2D eigenvalue weighted by Crippen LogP contribution is 2.73. The Bertz CT molecular complexity index is 1200. The summed E-state index contributed by atoms with van der Waals surface area (Å²) in [4.78, 5) is 40.4. The fourth-order valence-electron chi connectivity index (χ4n) is 9.44. The van der Waals surface area contributed by atoms with E-state index in [9.17, 15) is 19.6 Å². The van der Waals surface area contributed by atoms with Crippen molar-refractivity contribution in [1.29, 1.82) is 5.26 Å². The van der Waals surface area contributed by atoms with Crippen molar-refractivity contribution in [2.75, 3.05) is 7.11 Å². The number of nitrogens with zero attached hydrogens (tertiary/aromatic N) is 1. The number of esters is 1. The number of rotatable bonds is 1. The molecule has 5 aliphatic rings. The molecule has 36 heavy (non-hydrogen) atoms. The topological polar surface area (TPSA) is 84.2 Å². The van der Waals surface area contributed by atoms with Gasteiger partial charge in [-0.1, -0.05) is 47.3 Å². The van der Waals surface area contributed by atoms with Gasteiger partial charge >= 0.3 is 5.97 Å². The molecule has 0 heterocycles. The Morgan fingerprint density at radius 3 is 2.39 bits per heavy atom. The van der Waals surface area contributed by atoms with E-state index in [1.54, 1.807) is 0 Å². The van der Waals surface area contributed by atoms with E-state index in [0.717, 1.165) is 50.5 Å². The van der Waals surface area contributed by atoms with Gasteiger partial charge in [-0.05, 0) is 90.2 Å². The van der Waals surface area contributed by atoms with Crippen LogP contribution in [0, 0.1) is 56.2 Å². The third kappa shape index (κ3) is 2.91. The zero-order valence-corrected chi connectivity index (χ0v) is 22.6. The molecule has 5 rings (SSSR count). The van der Waals surface area contributed by atoms with Gasteiger partial charge in [-0.25, -0.2) is 0 Å². The molecule has 0 saturated heterocycles. The lowest BCUT2D eigenvalue weighted by Gasteiger charge is -2.68. The van der Waals surface area contributed by atoms with Crippen molar-refractivity contribution in [2.24, 2.45) is 44.8 Å². The highest BCUT2D eigenvalue weighted by molar-refractivity contribution is 6.12. The SMILES string of the molecule is C=C1C(=O)C(C#N)=C[C@]2(C)C3=CC(=O)C4C5CC(C)(C)CC[C@]5(C(=O)OC)CC[C@@]4(C)[C@]3(C)CC[C@@H]12. The molecule has 192 valence electrons. The maximum absolute atomic E-state index is 14.3. The molecular weight excluding hydrogens is 450 g/mol. The minimum absolute atomic E-state index is 0.0567. The second-order valence-electron chi connectivity index (χ2n) is 13.7. The number of Topliss-reactive ketones (excluding diaryl/α,β-unsaturated/α-hetero) is 1. The standard InChI is InChI=1S/C31H39NO4/c1-18-20-8-9-29(5)23(28(20,4)15-19(17-32)25(18)34)14-22(33)24-21-16-27(2,3)10-12-31(21,26(35)36-7)13-11-30(24,29)6/h14-15,20-21,24H,1,8-13,16H2,2-7H3/t20-,21?,24?,28-,29+,30+,31-/m0/s1. The molecule has 0 aromatic rings. The van der Waals surface area contributed by atoms with Gasteiger partial charge in [-0.3, -0.25) is 14.4 Å². The van der Waals surface area contributed by atoms with Crippen molar-refractivity contribution in [1.82, 2.24) is 0 Å². The van der Waals surface area contributed by atoms with Gasteiger partial charge in [-0.15, -0.1) is 0 Å². The van der Waals surface area contributed by atoms with Gasteiger partial charge < -0.3 is 4.74 Å². The van der Waals surface area contributed by atoms with Gasteiger partial charge in [0, 0.05) is 11.3 Å². The van der Waals surface area contributed by atoms with Crippen molar-refractivity contribution in [3.05, 3.63) is 35.5 Å². The van der Waals surface area contributed by atoms with Crippen LogP contribution in [-0.4, -0.2) is 24.6 Å². The molecule has 0 radical (unpaired) electrons. The molecule has 0 bridgehead atoms. The summed E-state index contributed by atoms with van der Waals surface area (Å²) in [5.41, 5.74) is -0.118. The molecule has 5 aliphatic carbocycles. The van der Waals surface area contributed by atoms with Crippen molar-refractivity contribution in [2.45, 2.75) is 79.6 Å². The van der Waals surface area contributed by atoms with E-state index in [4.69, 9.17) is 4.74 Å². The quantitative estimate of drug-likeness (QED) is 0.338. The molecule has 0 aromatic heterocycles. The second kappa shape index (κ2) is 7.53. The molecule has 0 amide bonds. The van der Waals surface area contributed by atoms with Crippen LogP contribution in [0.15, 0.2) is 35.5 Å². The van der Waals surface area contributed by atoms with Crippen molar-refractivity contribution < 1.29 is 19.1 Å². The minimum atomic E-state index is -0.605. The minimum Gasteiger partial charge on any atom is -0.469 e. The van der Waals surface area contributed by atoms with Crippen LogP contribution in [0.5, 0.6) is 0 Å². The summed E-state index contributed by atoms with van der Waals surface area (Å²) >= 11 is 0. The first kappa shape index (κ1) is 25.2. The summed E-state index contributed by atoms with van der Waals surface area (Å²) in [5.74, 6) is -0.755. The van der Waals surface area contributed by atoms with Crippen molar-refractivity contribution in [3.8, 4) is 6.07 Å². The van der Waals surface area contributed by atoms with Crippen LogP contribution in [0.3, 0.4) is 0 Å². The number of carbonyl (C=O) groups excluding carboxylic acids is 3. The third-order valence-electron chi connectivity index (χ3n) is 11.7. The molecular formula is C31H39NO4. The maximum Gasteiger partial charge on any atom is 0.312 e. The fraction of sp³-hybridized carbons (Fsp3) is 0.677.